The van der Waals surface area contributed by atoms with Gasteiger partial charge in [0.15, 0.2) is 0 Å². The summed E-state index contributed by atoms with van der Waals surface area (Å²) in [4.78, 5) is 22.8. The van der Waals surface area contributed by atoms with Gasteiger partial charge in [-0.1, -0.05) is 113 Å². The van der Waals surface area contributed by atoms with Gasteiger partial charge < -0.3 is 0 Å². The highest BCUT2D eigenvalue weighted by Gasteiger charge is 2.28. The van der Waals surface area contributed by atoms with Crippen LogP contribution in [-0.2, 0) is 21.7 Å². The third-order valence-corrected chi connectivity index (χ3v) is 10.1. The molecule has 0 aliphatic carbocycles. The number of rotatable bonds is 5. The zero-order valence-electron chi connectivity index (χ0n) is 33.4. The summed E-state index contributed by atoms with van der Waals surface area (Å²) in [6.45, 7) is 27.2. The largest absolute Gasteiger partial charge is 0.283 e. The molecule has 0 radical (unpaired) electrons. The van der Waals surface area contributed by atoms with Crippen LogP contribution >= 0.6 is 0 Å². The van der Waals surface area contributed by atoms with Crippen molar-refractivity contribution in [1.82, 2.24) is 29.1 Å². The molecule has 53 heavy (non-hydrogen) atoms. The Morgan fingerprint density at radius 1 is 0.434 bits per heavy atom. The molecule has 0 N–H and O–H groups in total. The molecule has 0 spiro atoms. The van der Waals surface area contributed by atoms with E-state index >= 15 is 0 Å². The van der Waals surface area contributed by atoms with Gasteiger partial charge in [-0.05, 0) is 105 Å². The topological polar surface area (TPSA) is 64.7 Å². The molecule has 0 aliphatic rings. The average molecular weight is 704 g/mol. The van der Waals surface area contributed by atoms with Crippen molar-refractivity contribution in [2.75, 3.05) is 4.90 Å². The normalized spacial score (nSPS) is 12.9. The summed E-state index contributed by atoms with van der Waals surface area (Å²) < 4.78 is 4.20. The van der Waals surface area contributed by atoms with Gasteiger partial charge >= 0.3 is 0 Å². The number of benzene rings is 3. The second-order valence-corrected chi connectivity index (χ2v) is 18.5. The molecule has 272 valence electrons. The monoisotopic (exact) mass is 703 g/mol. The predicted molar refractivity (Wildman–Crippen MR) is 221 cm³/mol. The van der Waals surface area contributed by atoms with E-state index < -0.39 is 0 Å². The van der Waals surface area contributed by atoms with Crippen molar-refractivity contribution in [3.8, 4) is 11.6 Å². The molecule has 0 bridgehead atoms. The summed E-state index contributed by atoms with van der Waals surface area (Å²) in [7, 11) is 0. The van der Waals surface area contributed by atoms with E-state index in [-0.39, 0.29) is 21.7 Å². The van der Waals surface area contributed by atoms with E-state index in [0.717, 1.165) is 62.2 Å². The molecule has 4 aromatic heterocycles. The number of aromatic nitrogens is 6. The van der Waals surface area contributed by atoms with Crippen molar-refractivity contribution < 1.29 is 0 Å². The fourth-order valence-corrected chi connectivity index (χ4v) is 6.62. The summed E-state index contributed by atoms with van der Waals surface area (Å²) in [5.41, 5.74) is 9.21. The molecule has 0 atom stereocenters. The second-order valence-electron chi connectivity index (χ2n) is 18.5. The highest BCUT2D eigenvalue weighted by atomic mass is 15.3. The molecular weight excluding hydrogens is 651 g/mol. The predicted octanol–water partition coefficient (Wildman–Crippen LogP) is 11.8. The minimum atomic E-state index is -0.167. The quantitative estimate of drug-likeness (QED) is 0.179. The number of pyridine rings is 2. The fourth-order valence-electron chi connectivity index (χ4n) is 6.62. The van der Waals surface area contributed by atoms with E-state index in [1.54, 1.807) is 0 Å². The van der Waals surface area contributed by atoms with Gasteiger partial charge in [-0.15, -0.1) is 0 Å². The van der Waals surface area contributed by atoms with Crippen molar-refractivity contribution in [1.29, 1.82) is 0 Å². The standard InChI is InChI=1S/C46H53N7/c1-43(2,3)30-21-31(44(4,5)6)23-34(22-30)53(41-26-32(45(7,8)9)24-39(49-41)51-28-47-35-17-13-15-19-37(35)51)42-27-33(46(10,11)12)25-40(50-42)52-29-48-36-18-14-16-20-38(36)52/h13-29H,1-12H3. The van der Waals surface area contributed by atoms with Gasteiger partial charge in [0.25, 0.3) is 0 Å². The molecule has 4 heterocycles. The van der Waals surface area contributed by atoms with Crippen molar-refractivity contribution in [3.05, 3.63) is 126 Å². The van der Waals surface area contributed by atoms with Crippen LogP contribution in [0.15, 0.2) is 104 Å². The summed E-state index contributed by atoms with van der Waals surface area (Å²) in [6.07, 6.45) is 3.76. The number of fused-ring (bicyclic) bond motifs is 2. The maximum Gasteiger partial charge on any atom is 0.141 e. The first-order valence-corrected chi connectivity index (χ1v) is 18.6. The van der Waals surface area contributed by atoms with Gasteiger partial charge in [-0.2, -0.15) is 0 Å². The van der Waals surface area contributed by atoms with Crippen molar-refractivity contribution in [2.24, 2.45) is 0 Å². The van der Waals surface area contributed by atoms with E-state index in [4.69, 9.17) is 19.9 Å². The Bertz CT molecular complexity index is 2290. The minimum absolute atomic E-state index is 0.0924. The third kappa shape index (κ3) is 7.09. The van der Waals surface area contributed by atoms with Crippen LogP contribution in [0.25, 0.3) is 33.7 Å². The van der Waals surface area contributed by atoms with Gasteiger partial charge in [0.05, 0.1) is 22.1 Å². The highest BCUT2D eigenvalue weighted by molar-refractivity contribution is 5.80. The van der Waals surface area contributed by atoms with Gasteiger partial charge in [-0.25, -0.2) is 19.9 Å². The average Bonchev–Trinajstić information content (AvgIpc) is 3.72. The molecule has 0 unspecified atom stereocenters. The Morgan fingerprint density at radius 2 is 0.792 bits per heavy atom. The third-order valence-electron chi connectivity index (χ3n) is 10.1. The highest BCUT2D eigenvalue weighted by Crippen LogP contribution is 2.42. The lowest BCUT2D eigenvalue weighted by Crippen LogP contribution is -2.22. The Kier molecular flexibility index (Phi) is 8.63. The molecule has 0 saturated heterocycles. The van der Waals surface area contributed by atoms with Gasteiger partial charge in [0.1, 0.15) is 35.9 Å². The van der Waals surface area contributed by atoms with Crippen LogP contribution in [0.3, 0.4) is 0 Å². The fraction of sp³-hybridized carbons (Fsp3) is 0.348. The molecular formula is C46H53N7. The summed E-state index contributed by atoms with van der Waals surface area (Å²) in [5, 5.41) is 0. The van der Waals surface area contributed by atoms with Crippen molar-refractivity contribution in [3.63, 3.8) is 0 Å². The SMILES string of the molecule is CC(C)(C)c1cc(N(c2cc(C(C)(C)C)cc(-n3cnc4ccccc43)n2)c2cc(C(C)(C)C)cc(-n3cnc4ccccc43)n2)cc(C(C)(C)C)c1. The first-order valence-electron chi connectivity index (χ1n) is 18.6. The van der Waals surface area contributed by atoms with Gasteiger partial charge in [-0.3, -0.25) is 14.0 Å². The Labute approximate surface area is 314 Å². The molecule has 7 nitrogen and oxygen atoms in total. The Balaban J connectivity index is 1.59. The maximum atomic E-state index is 5.50. The lowest BCUT2D eigenvalue weighted by molar-refractivity contribution is 0.568. The number of hydrogen-bond acceptors (Lipinski definition) is 5. The second kappa shape index (κ2) is 12.7. The van der Waals surface area contributed by atoms with Crippen molar-refractivity contribution >= 4 is 39.4 Å². The van der Waals surface area contributed by atoms with Gasteiger partial charge in [0, 0.05) is 5.69 Å². The maximum absolute atomic E-state index is 5.50. The number of imidazole rings is 2. The van der Waals surface area contributed by atoms with Crippen LogP contribution < -0.4 is 4.90 Å². The molecule has 7 heteroatoms. The van der Waals surface area contributed by atoms with Crippen molar-refractivity contribution in [2.45, 2.75) is 105 Å². The zero-order valence-corrected chi connectivity index (χ0v) is 33.4. The van der Waals surface area contributed by atoms with Crippen LogP contribution in [-0.4, -0.2) is 29.1 Å². The lowest BCUT2D eigenvalue weighted by atomic mass is 9.80. The first-order chi connectivity index (χ1) is 24.8. The molecule has 0 saturated carbocycles. The number of nitrogens with zero attached hydrogens (tertiary/aromatic N) is 7. The molecule has 0 amide bonds. The number of para-hydroxylation sites is 4. The van der Waals surface area contributed by atoms with Crippen LogP contribution in [0.1, 0.15) is 105 Å². The molecule has 0 aliphatic heterocycles. The Hall–Kier alpha value is -5.30. The lowest BCUT2D eigenvalue weighted by Gasteiger charge is -2.32. The van der Waals surface area contributed by atoms with Crippen LogP contribution in [0.4, 0.5) is 17.3 Å². The van der Waals surface area contributed by atoms with E-state index in [9.17, 15) is 0 Å². The zero-order chi connectivity index (χ0) is 38.1. The van der Waals surface area contributed by atoms with E-state index in [2.05, 4.69) is 164 Å². The van der Waals surface area contributed by atoms with Crippen LogP contribution in [0.2, 0.25) is 0 Å². The van der Waals surface area contributed by atoms with E-state index in [0.29, 0.717) is 0 Å². The first kappa shape index (κ1) is 36.1. The smallest absolute Gasteiger partial charge is 0.141 e. The molecule has 7 rings (SSSR count). The van der Waals surface area contributed by atoms with Crippen LogP contribution in [0.5, 0.6) is 0 Å². The Morgan fingerprint density at radius 3 is 1.17 bits per heavy atom. The van der Waals surface area contributed by atoms with Gasteiger partial charge in [0.2, 0.25) is 0 Å². The minimum Gasteiger partial charge on any atom is -0.283 e. The number of hydrogen-bond donors (Lipinski definition) is 0. The number of anilines is 3. The van der Waals surface area contributed by atoms with Crippen LogP contribution in [0, 0.1) is 0 Å². The molecule has 0 fully saturated rings. The molecule has 3 aromatic carbocycles. The van der Waals surface area contributed by atoms with E-state index in [1.165, 1.54) is 11.1 Å². The molecule has 7 aromatic rings. The summed E-state index contributed by atoms with van der Waals surface area (Å²) in [5.74, 6) is 3.19. The summed E-state index contributed by atoms with van der Waals surface area (Å²) >= 11 is 0. The van der Waals surface area contributed by atoms with E-state index in [1.807, 2.05) is 36.9 Å². The summed E-state index contributed by atoms with van der Waals surface area (Å²) in [6, 6.07) is 32.3.